The number of nitrogens with zero attached hydrogens (tertiary/aromatic N) is 4. The Bertz CT molecular complexity index is 1090. The molecule has 2 aromatic carbocycles. The average Bonchev–Trinajstić information content (AvgIpc) is 3.07. The van der Waals surface area contributed by atoms with Gasteiger partial charge in [-0.1, -0.05) is 0 Å². The van der Waals surface area contributed by atoms with E-state index in [2.05, 4.69) is 4.98 Å². The standard InChI is InChI=1S/C23H25F3N4O/c1-15-27-20-14-17(23(24,25)26)6-9-21(20)30(15)19-10-12-29(13-11-19)22(31)16-4-7-18(8-5-16)28(2)3/h4-9,14,19H,10-13H2,1-3H3. The summed E-state index contributed by atoms with van der Waals surface area (Å²) in [6.07, 6.45) is -2.92. The van der Waals surface area contributed by atoms with Crippen LogP contribution < -0.4 is 4.90 Å². The summed E-state index contributed by atoms with van der Waals surface area (Å²) >= 11 is 0. The number of halogens is 3. The number of rotatable bonds is 3. The summed E-state index contributed by atoms with van der Waals surface area (Å²) in [5, 5.41) is 0. The summed E-state index contributed by atoms with van der Waals surface area (Å²) < 4.78 is 41.1. The number of alkyl halides is 3. The minimum absolute atomic E-state index is 0.00536. The van der Waals surface area contributed by atoms with Crippen LogP contribution in [0.5, 0.6) is 0 Å². The largest absolute Gasteiger partial charge is 0.416 e. The highest BCUT2D eigenvalue weighted by Gasteiger charge is 2.32. The number of imidazole rings is 1. The third kappa shape index (κ3) is 4.11. The molecule has 1 saturated heterocycles. The summed E-state index contributed by atoms with van der Waals surface area (Å²) in [7, 11) is 3.90. The summed E-state index contributed by atoms with van der Waals surface area (Å²) in [5.41, 5.74) is 2.06. The van der Waals surface area contributed by atoms with Gasteiger partial charge in [-0.25, -0.2) is 4.98 Å². The summed E-state index contributed by atoms with van der Waals surface area (Å²) in [6, 6.07) is 11.4. The van der Waals surface area contributed by atoms with Crippen LogP contribution in [0.15, 0.2) is 42.5 Å². The van der Waals surface area contributed by atoms with Gasteiger partial charge in [0.1, 0.15) is 5.82 Å². The number of piperidine rings is 1. The molecule has 5 nitrogen and oxygen atoms in total. The fourth-order valence-electron chi connectivity index (χ4n) is 4.27. The van der Waals surface area contributed by atoms with Crippen LogP contribution >= 0.6 is 0 Å². The molecule has 164 valence electrons. The lowest BCUT2D eigenvalue weighted by Crippen LogP contribution is -2.39. The number of fused-ring (bicyclic) bond motifs is 1. The molecule has 8 heteroatoms. The van der Waals surface area contributed by atoms with E-state index < -0.39 is 11.7 Å². The van der Waals surface area contributed by atoms with Gasteiger partial charge in [0.2, 0.25) is 0 Å². The van der Waals surface area contributed by atoms with Crippen LogP contribution in [0.25, 0.3) is 11.0 Å². The zero-order valence-corrected chi connectivity index (χ0v) is 17.8. The number of amides is 1. The molecule has 31 heavy (non-hydrogen) atoms. The molecular weight excluding hydrogens is 405 g/mol. The summed E-state index contributed by atoms with van der Waals surface area (Å²) in [6.45, 7) is 3.01. The topological polar surface area (TPSA) is 41.4 Å². The highest BCUT2D eigenvalue weighted by molar-refractivity contribution is 5.94. The van der Waals surface area contributed by atoms with Crippen molar-refractivity contribution in [1.29, 1.82) is 0 Å². The van der Waals surface area contributed by atoms with E-state index in [-0.39, 0.29) is 11.9 Å². The number of hydrogen-bond acceptors (Lipinski definition) is 3. The molecule has 1 fully saturated rings. The van der Waals surface area contributed by atoms with E-state index in [0.29, 0.717) is 35.5 Å². The SMILES string of the molecule is Cc1nc2cc(C(F)(F)F)ccc2n1C1CCN(C(=O)c2ccc(N(C)C)cc2)CC1. The second-order valence-electron chi connectivity index (χ2n) is 8.19. The van der Waals surface area contributed by atoms with Crippen LogP contribution in [-0.4, -0.2) is 47.5 Å². The van der Waals surface area contributed by atoms with E-state index in [9.17, 15) is 18.0 Å². The lowest BCUT2D eigenvalue weighted by atomic mass is 10.0. The third-order valence-corrected chi connectivity index (χ3v) is 5.94. The number of aryl methyl sites for hydroxylation is 1. The fourth-order valence-corrected chi connectivity index (χ4v) is 4.27. The van der Waals surface area contributed by atoms with E-state index in [1.165, 1.54) is 6.07 Å². The average molecular weight is 430 g/mol. The van der Waals surface area contributed by atoms with Crippen molar-refractivity contribution < 1.29 is 18.0 Å². The molecule has 0 N–H and O–H groups in total. The van der Waals surface area contributed by atoms with Gasteiger partial charge in [0.15, 0.2) is 0 Å². The van der Waals surface area contributed by atoms with Crippen LogP contribution in [0.2, 0.25) is 0 Å². The van der Waals surface area contributed by atoms with Crippen molar-refractivity contribution in [3.63, 3.8) is 0 Å². The van der Waals surface area contributed by atoms with Crippen molar-refractivity contribution in [2.75, 3.05) is 32.1 Å². The molecule has 3 aromatic rings. The Morgan fingerprint density at radius 2 is 1.71 bits per heavy atom. The zero-order chi connectivity index (χ0) is 22.3. The first-order valence-electron chi connectivity index (χ1n) is 10.3. The molecule has 0 unspecified atom stereocenters. The number of aromatic nitrogens is 2. The molecule has 1 aliphatic rings. The zero-order valence-electron chi connectivity index (χ0n) is 17.8. The Morgan fingerprint density at radius 3 is 2.29 bits per heavy atom. The smallest absolute Gasteiger partial charge is 0.378 e. The molecule has 0 saturated carbocycles. The van der Waals surface area contributed by atoms with E-state index >= 15 is 0 Å². The molecule has 4 rings (SSSR count). The number of benzene rings is 2. The van der Waals surface area contributed by atoms with Gasteiger partial charge >= 0.3 is 6.18 Å². The van der Waals surface area contributed by atoms with Gasteiger partial charge in [0.25, 0.3) is 5.91 Å². The molecule has 0 radical (unpaired) electrons. The van der Waals surface area contributed by atoms with Gasteiger partial charge < -0.3 is 14.4 Å². The van der Waals surface area contributed by atoms with Crippen molar-refractivity contribution in [2.24, 2.45) is 0 Å². The molecule has 0 spiro atoms. The summed E-state index contributed by atoms with van der Waals surface area (Å²) in [5.74, 6) is 0.698. The van der Waals surface area contributed by atoms with Crippen molar-refractivity contribution in [2.45, 2.75) is 32.0 Å². The molecular formula is C23H25F3N4O. The van der Waals surface area contributed by atoms with Crippen molar-refractivity contribution >= 4 is 22.6 Å². The van der Waals surface area contributed by atoms with Gasteiger partial charge in [-0.3, -0.25) is 4.79 Å². The number of likely N-dealkylation sites (tertiary alicyclic amines) is 1. The maximum absolute atomic E-state index is 13.0. The highest BCUT2D eigenvalue weighted by atomic mass is 19.4. The minimum Gasteiger partial charge on any atom is -0.378 e. The van der Waals surface area contributed by atoms with Gasteiger partial charge in [0.05, 0.1) is 16.6 Å². The van der Waals surface area contributed by atoms with E-state index in [4.69, 9.17) is 0 Å². The van der Waals surface area contributed by atoms with E-state index in [1.54, 1.807) is 0 Å². The van der Waals surface area contributed by atoms with E-state index in [1.807, 2.05) is 59.7 Å². The molecule has 1 aromatic heterocycles. The number of carbonyl (C=O) groups is 1. The molecule has 0 atom stereocenters. The predicted octanol–water partition coefficient (Wildman–Crippen LogP) is 4.91. The second-order valence-corrected chi connectivity index (χ2v) is 8.19. The van der Waals surface area contributed by atoms with Crippen LogP contribution in [0, 0.1) is 6.92 Å². The molecule has 1 amide bonds. The molecule has 0 aliphatic carbocycles. The van der Waals surface area contributed by atoms with Crippen LogP contribution in [0.4, 0.5) is 18.9 Å². The predicted molar refractivity (Wildman–Crippen MR) is 114 cm³/mol. The van der Waals surface area contributed by atoms with Crippen LogP contribution in [0.3, 0.4) is 0 Å². The van der Waals surface area contributed by atoms with Crippen molar-refractivity contribution in [3.8, 4) is 0 Å². The number of carbonyl (C=O) groups excluding carboxylic acids is 1. The quantitative estimate of drug-likeness (QED) is 0.593. The van der Waals surface area contributed by atoms with Gasteiger partial charge in [0, 0.05) is 44.5 Å². The van der Waals surface area contributed by atoms with Crippen LogP contribution in [0.1, 0.15) is 40.6 Å². The first kappa shape index (κ1) is 21.2. The van der Waals surface area contributed by atoms with Crippen LogP contribution in [-0.2, 0) is 6.18 Å². The lowest BCUT2D eigenvalue weighted by molar-refractivity contribution is -0.137. The Kier molecular flexibility index (Phi) is 5.41. The van der Waals surface area contributed by atoms with Crippen molar-refractivity contribution in [3.05, 3.63) is 59.4 Å². The third-order valence-electron chi connectivity index (χ3n) is 5.94. The van der Waals surface area contributed by atoms with Gasteiger partial charge in [-0.05, 0) is 62.2 Å². The Labute approximate surface area is 179 Å². The van der Waals surface area contributed by atoms with Gasteiger partial charge in [-0.2, -0.15) is 13.2 Å². The Balaban J connectivity index is 1.49. The first-order chi connectivity index (χ1) is 14.6. The fraction of sp³-hybridized carbons (Fsp3) is 0.391. The maximum Gasteiger partial charge on any atom is 0.416 e. The lowest BCUT2D eigenvalue weighted by Gasteiger charge is -2.33. The summed E-state index contributed by atoms with van der Waals surface area (Å²) in [4.78, 5) is 21.1. The highest BCUT2D eigenvalue weighted by Crippen LogP contribution is 2.34. The minimum atomic E-state index is -4.39. The second kappa shape index (κ2) is 7.90. The molecule has 1 aliphatic heterocycles. The molecule has 0 bridgehead atoms. The van der Waals surface area contributed by atoms with Crippen molar-refractivity contribution in [1.82, 2.24) is 14.5 Å². The first-order valence-corrected chi connectivity index (χ1v) is 10.3. The monoisotopic (exact) mass is 430 g/mol. The van der Waals surface area contributed by atoms with E-state index in [0.717, 1.165) is 30.7 Å². The number of hydrogen-bond donors (Lipinski definition) is 0. The Morgan fingerprint density at radius 1 is 1.06 bits per heavy atom. The number of anilines is 1. The van der Waals surface area contributed by atoms with Gasteiger partial charge in [-0.15, -0.1) is 0 Å². The Hall–Kier alpha value is -3.03. The molecule has 2 heterocycles. The normalized spacial score (nSPS) is 15.5. The maximum atomic E-state index is 13.0.